The van der Waals surface area contributed by atoms with E-state index >= 15 is 0 Å². The third kappa shape index (κ3) is 5.28. The normalized spacial score (nSPS) is 10.8. The van der Waals surface area contributed by atoms with Crippen molar-refractivity contribution in [3.05, 3.63) is 54.0 Å². The Hall–Kier alpha value is -2.43. The number of aromatic nitrogens is 2. The van der Waals surface area contributed by atoms with Crippen LogP contribution in [0.25, 0.3) is 0 Å². The lowest BCUT2D eigenvalue weighted by molar-refractivity contribution is 0.0787. The van der Waals surface area contributed by atoms with Gasteiger partial charge >= 0.3 is 0 Å². The molecule has 1 aromatic heterocycles. The summed E-state index contributed by atoms with van der Waals surface area (Å²) >= 11 is 0. The lowest BCUT2D eigenvalue weighted by Gasteiger charge is -2.27. The van der Waals surface area contributed by atoms with Gasteiger partial charge in [-0.25, -0.2) is 9.97 Å². The Morgan fingerprint density at radius 3 is 2.40 bits per heavy atom. The topological polar surface area (TPSA) is 49.3 Å². The minimum Gasteiger partial charge on any atom is -0.349 e. The second-order valence-electron chi connectivity index (χ2n) is 6.55. The van der Waals surface area contributed by atoms with Gasteiger partial charge in [-0.1, -0.05) is 43.7 Å². The van der Waals surface area contributed by atoms with Gasteiger partial charge in [0.25, 0.3) is 5.91 Å². The van der Waals surface area contributed by atoms with Crippen molar-refractivity contribution in [1.82, 2.24) is 14.9 Å². The van der Waals surface area contributed by atoms with E-state index in [9.17, 15) is 4.79 Å². The molecule has 0 spiro atoms. The molecule has 25 heavy (non-hydrogen) atoms. The van der Waals surface area contributed by atoms with Gasteiger partial charge in [-0.3, -0.25) is 4.79 Å². The van der Waals surface area contributed by atoms with Gasteiger partial charge in [0.15, 0.2) is 0 Å². The highest BCUT2D eigenvalue weighted by atomic mass is 16.2. The van der Waals surface area contributed by atoms with E-state index in [0.717, 1.165) is 31.7 Å². The van der Waals surface area contributed by atoms with Crippen molar-refractivity contribution in [2.24, 2.45) is 0 Å². The van der Waals surface area contributed by atoms with E-state index in [4.69, 9.17) is 0 Å². The number of amides is 1. The van der Waals surface area contributed by atoms with Crippen molar-refractivity contribution in [2.75, 3.05) is 18.5 Å². The van der Waals surface area contributed by atoms with E-state index in [1.54, 1.807) is 17.3 Å². The van der Waals surface area contributed by atoms with E-state index in [0.29, 0.717) is 5.69 Å². The molecule has 0 saturated carbocycles. The summed E-state index contributed by atoms with van der Waals surface area (Å²) in [5, 5.41) is 0. The zero-order valence-electron chi connectivity index (χ0n) is 15.6. The molecule has 2 rings (SSSR count). The minimum absolute atomic E-state index is 0.0772. The number of carbonyl (C=O) groups is 1. The lowest BCUT2D eigenvalue weighted by atomic mass is 10.2. The Bertz CT molecular complexity index is 655. The molecule has 0 aliphatic heterocycles. The fourth-order valence-electron chi connectivity index (χ4n) is 2.58. The monoisotopic (exact) mass is 340 g/mol. The first-order valence-electron chi connectivity index (χ1n) is 8.91. The smallest absolute Gasteiger partial charge is 0.273 e. The quantitative estimate of drug-likeness (QED) is 0.734. The summed E-state index contributed by atoms with van der Waals surface area (Å²) in [4.78, 5) is 25.1. The van der Waals surface area contributed by atoms with Crippen molar-refractivity contribution >= 4 is 11.7 Å². The maximum atomic E-state index is 12.4. The first kappa shape index (κ1) is 18.9. The van der Waals surface area contributed by atoms with Gasteiger partial charge in [-0.05, 0) is 25.8 Å². The SMILES string of the molecule is CCCCN(C)C(=O)c1cnc(N(Cc2ccccc2)C(C)C)cn1. The fraction of sp³-hybridized carbons (Fsp3) is 0.450. The maximum absolute atomic E-state index is 12.4. The molecule has 5 heteroatoms. The first-order chi connectivity index (χ1) is 12.0. The Morgan fingerprint density at radius 1 is 1.12 bits per heavy atom. The summed E-state index contributed by atoms with van der Waals surface area (Å²) in [6.07, 6.45) is 5.33. The number of benzene rings is 1. The summed E-state index contributed by atoms with van der Waals surface area (Å²) in [5.74, 6) is 0.707. The molecular formula is C20H28N4O. The molecule has 0 saturated heterocycles. The molecular weight excluding hydrogens is 312 g/mol. The zero-order chi connectivity index (χ0) is 18.2. The van der Waals surface area contributed by atoms with Crippen LogP contribution in [0.1, 0.15) is 49.7 Å². The van der Waals surface area contributed by atoms with Gasteiger partial charge in [-0.2, -0.15) is 0 Å². The molecule has 1 heterocycles. The van der Waals surface area contributed by atoms with Crippen LogP contribution in [0.3, 0.4) is 0 Å². The molecule has 0 aliphatic carbocycles. The summed E-state index contributed by atoms with van der Waals surface area (Å²) in [6, 6.07) is 10.6. The molecule has 1 aromatic carbocycles. The number of anilines is 1. The van der Waals surface area contributed by atoms with Crippen LogP contribution in [-0.2, 0) is 6.54 Å². The van der Waals surface area contributed by atoms with Crippen LogP contribution >= 0.6 is 0 Å². The molecule has 0 unspecified atom stereocenters. The van der Waals surface area contributed by atoms with Crippen molar-refractivity contribution in [2.45, 2.75) is 46.2 Å². The van der Waals surface area contributed by atoms with Crippen molar-refractivity contribution in [3.8, 4) is 0 Å². The Labute approximate surface area is 150 Å². The summed E-state index contributed by atoms with van der Waals surface area (Å²) < 4.78 is 0. The number of nitrogens with zero attached hydrogens (tertiary/aromatic N) is 4. The molecule has 0 aliphatic rings. The summed E-state index contributed by atoms with van der Waals surface area (Å²) in [7, 11) is 1.81. The van der Waals surface area contributed by atoms with Gasteiger partial charge < -0.3 is 9.80 Å². The van der Waals surface area contributed by atoms with E-state index in [-0.39, 0.29) is 11.9 Å². The van der Waals surface area contributed by atoms with Gasteiger partial charge in [0.2, 0.25) is 0 Å². The van der Waals surface area contributed by atoms with Gasteiger partial charge in [0.05, 0.1) is 12.4 Å². The van der Waals surface area contributed by atoms with Crippen LogP contribution in [0.5, 0.6) is 0 Å². The molecule has 0 N–H and O–H groups in total. The van der Waals surface area contributed by atoms with Crippen molar-refractivity contribution < 1.29 is 4.79 Å². The highest BCUT2D eigenvalue weighted by Gasteiger charge is 2.16. The maximum Gasteiger partial charge on any atom is 0.273 e. The molecule has 5 nitrogen and oxygen atoms in total. The number of carbonyl (C=O) groups excluding carboxylic acids is 1. The average molecular weight is 340 g/mol. The number of hydrogen-bond acceptors (Lipinski definition) is 4. The highest BCUT2D eigenvalue weighted by molar-refractivity contribution is 5.91. The van der Waals surface area contributed by atoms with E-state index in [1.165, 1.54) is 5.56 Å². The Kier molecular flexibility index (Phi) is 6.92. The van der Waals surface area contributed by atoms with Crippen molar-refractivity contribution in [1.29, 1.82) is 0 Å². The van der Waals surface area contributed by atoms with Crippen LogP contribution in [-0.4, -0.2) is 40.4 Å². The number of unbranched alkanes of at least 4 members (excludes halogenated alkanes) is 1. The third-order valence-corrected chi connectivity index (χ3v) is 4.16. The molecule has 2 aromatic rings. The Morgan fingerprint density at radius 2 is 1.84 bits per heavy atom. The fourth-order valence-corrected chi connectivity index (χ4v) is 2.58. The van der Waals surface area contributed by atoms with Crippen LogP contribution < -0.4 is 4.90 Å². The van der Waals surface area contributed by atoms with Crippen LogP contribution in [0.15, 0.2) is 42.7 Å². The average Bonchev–Trinajstić information content (AvgIpc) is 2.64. The molecule has 0 bridgehead atoms. The largest absolute Gasteiger partial charge is 0.349 e. The first-order valence-corrected chi connectivity index (χ1v) is 8.91. The van der Waals surface area contributed by atoms with Crippen molar-refractivity contribution in [3.63, 3.8) is 0 Å². The predicted octanol–water partition coefficient (Wildman–Crippen LogP) is 3.76. The second kappa shape index (κ2) is 9.16. The number of hydrogen-bond donors (Lipinski definition) is 0. The van der Waals surface area contributed by atoms with E-state index in [1.807, 2.05) is 25.2 Å². The zero-order valence-corrected chi connectivity index (χ0v) is 15.6. The Balaban J connectivity index is 2.11. The van der Waals surface area contributed by atoms with Gasteiger partial charge in [0, 0.05) is 26.2 Å². The summed E-state index contributed by atoms with van der Waals surface area (Å²) in [6.45, 7) is 7.87. The second-order valence-corrected chi connectivity index (χ2v) is 6.55. The van der Waals surface area contributed by atoms with Gasteiger partial charge in [0.1, 0.15) is 11.5 Å². The van der Waals surface area contributed by atoms with Crippen LogP contribution in [0, 0.1) is 0 Å². The number of rotatable bonds is 8. The molecule has 0 radical (unpaired) electrons. The molecule has 134 valence electrons. The van der Waals surface area contributed by atoms with E-state index < -0.39 is 0 Å². The predicted molar refractivity (Wildman–Crippen MR) is 102 cm³/mol. The molecule has 0 fully saturated rings. The summed E-state index contributed by atoms with van der Waals surface area (Å²) in [5.41, 5.74) is 1.61. The molecule has 1 amide bonds. The minimum atomic E-state index is -0.0772. The highest BCUT2D eigenvalue weighted by Crippen LogP contribution is 2.17. The lowest BCUT2D eigenvalue weighted by Crippen LogP contribution is -2.32. The molecule has 0 atom stereocenters. The third-order valence-electron chi connectivity index (χ3n) is 4.16. The standard InChI is InChI=1S/C20H28N4O/c1-5-6-12-23(4)20(25)18-13-22-19(14-21-18)24(16(2)3)15-17-10-8-7-9-11-17/h7-11,13-14,16H,5-6,12,15H2,1-4H3. The van der Waals surface area contributed by atoms with Gasteiger partial charge in [-0.15, -0.1) is 0 Å². The van der Waals surface area contributed by atoms with E-state index in [2.05, 4.69) is 47.8 Å². The van der Waals surface area contributed by atoms with Crippen LogP contribution in [0.2, 0.25) is 0 Å². The van der Waals surface area contributed by atoms with Crippen LogP contribution in [0.4, 0.5) is 5.82 Å².